The van der Waals surface area contributed by atoms with Crippen molar-refractivity contribution < 1.29 is 0 Å². The Kier molecular flexibility index (Phi) is 1.94. The molecule has 0 amide bonds. The number of rotatable bonds is 0. The Morgan fingerprint density at radius 3 is 2.31 bits per heavy atom. The summed E-state index contributed by atoms with van der Waals surface area (Å²) in [5, 5.41) is 0. The van der Waals surface area contributed by atoms with Gasteiger partial charge in [0, 0.05) is 0 Å². The maximum absolute atomic E-state index is 2.60. The van der Waals surface area contributed by atoms with Crippen molar-refractivity contribution in [3.63, 3.8) is 0 Å². The number of fused-ring (bicyclic) bond motifs is 4. The molecule has 1 aromatic carbocycles. The average molecular weight is 212 g/mol. The standard InChI is InChI=1S/C16H20/c1-2-4-13-10-16-14(9-12(13)3-1)6-5-11-7-8-15(11)16/h9-11,15H,1-8H2. The van der Waals surface area contributed by atoms with E-state index < -0.39 is 0 Å². The Morgan fingerprint density at radius 2 is 1.56 bits per heavy atom. The highest BCUT2D eigenvalue weighted by Gasteiger charge is 2.36. The van der Waals surface area contributed by atoms with Crippen molar-refractivity contribution in [2.24, 2.45) is 5.92 Å². The van der Waals surface area contributed by atoms with Gasteiger partial charge in [0.15, 0.2) is 0 Å². The lowest BCUT2D eigenvalue weighted by molar-refractivity contribution is 0.223. The van der Waals surface area contributed by atoms with Crippen LogP contribution < -0.4 is 0 Å². The zero-order valence-corrected chi connectivity index (χ0v) is 9.97. The molecule has 0 saturated heterocycles. The second-order valence-electron chi connectivity index (χ2n) is 6.01. The molecule has 0 radical (unpaired) electrons. The van der Waals surface area contributed by atoms with Crippen molar-refractivity contribution in [2.45, 2.75) is 57.3 Å². The molecule has 0 nitrogen and oxygen atoms in total. The summed E-state index contributed by atoms with van der Waals surface area (Å²) in [7, 11) is 0. The third-order valence-electron chi connectivity index (χ3n) is 5.21. The summed E-state index contributed by atoms with van der Waals surface area (Å²) in [6.45, 7) is 0. The second-order valence-corrected chi connectivity index (χ2v) is 6.01. The molecule has 0 heterocycles. The van der Waals surface area contributed by atoms with Crippen LogP contribution in [0.25, 0.3) is 0 Å². The van der Waals surface area contributed by atoms with Crippen molar-refractivity contribution >= 4 is 0 Å². The van der Waals surface area contributed by atoms with Gasteiger partial charge in [-0.3, -0.25) is 0 Å². The van der Waals surface area contributed by atoms with Gasteiger partial charge < -0.3 is 0 Å². The predicted octanol–water partition coefficient (Wildman–Crippen LogP) is 4.01. The van der Waals surface area contributed by atoms with Crippen molar-refractivity contribution in [3.8, 4) is 0 Å². The quantitative estimate of drug-likeness (QED) is 0.609. The van der Waals surface area contributed by atoms with Gasteiger partial charge in [0.1, 0.15) is 0 Å². The third kappa shape index (κ3) is 1.22. The summed E-state index contributed by atoms with van der Waals surface area (Å²) in [6, 6.07) is 5.16. The Hall–Kier alpha value is -0.780. The second kappa shape index (κ2) is 3.35. The third-order valence-corrected chi connectivity index (χ3v) is 5.21. The summed E-state index contributed by atoms with van der Waals surface area (Å²) in [5.74, 6) is 2.00. The van der Waals surface area contributed by atoms with E-state index in [1.807, 2.05) is 0 Å². The number of hydrogen-bond donors (Lipinski definition) is 0. The molecule has 0 bridgehead atoms. The first kappa shape index (κ1) is 9.27. The Balaban J connectivity index is 1.82. The van der Waals surface area contributed by atoms with Crippen LogP contribution in [0.2, 0.25) is 0 Å². The van der Waals surface area contributed by atoms with Crippen molar-refractivity contribution in [3.05, 3.63) is 34.4 Å². The lowest BCUT2D eigenvalue weighted by Crippen LogP contribution is -2.29. The Morgan fingerprint density at radius 1 is 0.750 bits per heavy atom. The maximum atomic E-state index is 2.60. The first-order valence-electron chi connectivity index (χ1n) is 7.06. The zero-order chi connectivity index (χ0) is 10.5. The highest BCUT2D eigenvalue weighted by Crippen LogP contribution is 2.50. The van der Waals surface area contributed by atoms with Crippen LogP contribution in [0.4, 0.5) is 0 Å². The molecule has 2 atom stereocenters. The Bertz CT molecular complexity index is 430. The molecule has 2 unspecified atom stereocenters. The molecule has 0 spiro atoms. The van der Waals surface area contributed by atoms with E-state index in [2.05, 4.69) is 12.1 Å². The van der Waals surface area contributed by atoms with Crippen LogP contribution in [0.15, 0.2) is 12.1 Å². The number of aryl methyl sites for hydroxylation is 3. The first-order chi connectivity index (χ1) is 7.92. The fraction of sp³-hybridized carbons (Fsp3) is 0.625. The van der Waals surface area contributed by atoms with Gasteiger partial charge in [-0.1, -0.05) is 12.1 Å². The molecule has 0 aliphatic heterocycles. The normalized spacial score (nSPS) is 31.0. The average Bonchev–Trinajstić information content (AvgIpc) is 2.27. The minimum atomic E-state index is 0.955. The van der Waals surface area contributed by atoms with E-state index in [0.29, 0.717) is 0 Å². The van der Waals surface area contributed by atoms with E-state index >= 15 is 0 Å². The molecular formula is C16H20. The highest BCUT2D eigenvalue weighted by molar-refractivity contribution is 5.44. The van der Waals surface area contributed by atoms with Gasteiger partial charge in [-0.25, -0.2) is 0 Å². The summed E-state index contributed by atoms with van der Waals surface area (Å²) in [5.41, 5.74) is 6.84. The van der Waals surface area contributed by atoms with Crippen LogP contribution in [0, 0.1) is 5.92 Å². The van der Waals surface area contributed by atoms with Crippen LogP contribution in [0.3, 0.4) is 0 Å². The summed E-state index contributed by atoms with van der Waals surface area (Å²) in [6.07, 6.45) is 11.3. The monoisotopic (exact) mass is 212 g/mol. The van der Waals surface area contributed by atoms with Gasteiger partial charge in [0.05, 0.1) is 0 Å². The van der Waals surface area contributed by atoms with Crippen molar-refractivity contribution in [1.29, 1.82) is 0 Å². The molecule has 1 saturated carbocycles. The van der Waals surface area contributed by atoms with Gasteiger partial charge in [0.25, 0.3) is 0 Å². The molecular weight excluding hydrogens is 192 g/mol. The van der Waals surface area contributed by atoms with Crippen molar-refractivity contribution in [1.82, 2.24) is 0 Å². The van der Waals surface area contributed by atoms with Gasteiger partial charge in [-0.05, 0) is 85.5 Å². The maximum Gasteiger partial charge on any atom is -0.0131 e. The van der Waals surface area contributed by atoms with Crippen LogP contribution >= 0.6 is 0 Å². The topological polar surface area (TPSA) is 0 Å². The molecule has 3 aliphatic rings. The Labute approximate surface area is 98.1 Å². The largest absolute Gasteiger partial charge is 0.0553 e. The van der Waals surface area contributed by atoms with Crippen LogP contribution in [-0.2, 0) is 19.3 Å². The van der Waals surface area contributed by atoms with Crippen LogP contribution in [0.5, 0.6) is 0 Å². The van der Waals surface area contributed by atoms with Gasteiger partial charge in [0.2, 0.25) is 0 Å². The van der Waals surface area contributed by atoms with Crippen LogP contribution in [-0.4, -0.2) is 0 Å². The van der Waals surface area contributed by atoms with E-state index in [1.165, 1.54) is 51.4 Å². The lowest BCUT2D eigenvalue weighted by Gasteiger charge is -2.42. The van der Waals surface area contributed by atoms with E-state index in [-0.39, 0.29) is 0 Å². The lowest BCUT2D eigenvalue weighted by atomic mass is 9.62. The number of hydrogen-bond acceptors (Lipinski definition) is 0. The predicted molar refractivity (Wildman–Crippen MR) is 66.9 cm³/mol. The molecule has 4 rings (SSSR count). The van der Waals surface area contributed by atoms with Gasteiger partial charge >= 0.3 is 0 Å². The van der Waals surface area contributed by atoms with Crippen molar-refractivity contribution in [2.75, 3.05) is 0 Å². The van der Waals surface area contributed by atoms with E-state index in [9.17, 15) is 0 Å². The fourth-order valence-corrected chi connectivity index (χ4v) is 4.08. The first-order valence-corrected chi connectivity index (χ1v) is 7.06. The van der Waals surface area contributed by atoms with Crippen LogP contribution in [0.1, 0.15) is 60.3 Å². The SMILES string of the molecule is c1c2c(cc3c1CCC1CCC31)CCCC2. The minimum absolute atomic E-state index is 0.955. The number of benzene rings is 1. The zero-order valence-electron chi connectivity index (χ0n) is 9.97. The minimum Gasteiger partial charge on any atom is -0.0553 e. The highest BCUT2D eigenvalue weighted by atomic mass is 14.4. The molecule has 1 fully saturated rings. The summed E-state index contributed by atoms with van der Waals surface area (Å²) < 4.78 is 0. The van der Waals surface area contributed by atoms with Gasteiger partial charge in [-0.2, -0.15) is 0 Å². The van der Waals surface area contributed by atoms with E-state index in [0.717, 1.165) is 11.8 Å². The van der Waals surface area contributed by atoms with E-state index in [4.69, 9.17) is 0 Å². The molecule has 84 valence electrons. The molecule has 0 heteroatoms. The molecule has 1 aromatic rings. The molecule has 0 aromatic heterocycles. The fourth-order valence-electron chi connectivity index (χ4n) is 4.08. The summed E-state index contributed by atoms with van der Waals surface area (Å²) >= 11 is 0. The molecule has 0 N–H and O–H groups in total. The molecule has 16 heavy (non-hydrogen) atoms. The van der Waals surface area contributed by atoms with Gasteiger partial charge in [-0.15, -0.1) is 0 Å². The smallest absolute Gasteiger partial charge is 0.0131 e. The van der Waals surface area contributed by atoms with E-state index in [1.54, 1.807) is 22.3 Å². The molecule has 3 aliphatic carbocycles. The summed E-state index contributed by atoms with van der Waals surface area (Å²) in [4.78, 5) is 0.